The van der Waals surface area contributed by atoms with E-state index in [0.717, 1.165) is 23.9 Å². The summed E-state index contributed by atoms with van der Waals surface area (Å²) in [7, 11) is 0. The third kappa shape index (κ3) is 2.28. The lowest BCUT2D eigenvalue weighted by atomic mass is 10.1. The topological polar surface area (TPSA) is 61.0 Å². The van der Waals surface area contributed by atoms with E-state index in [9.17, 15) is 0 Å². The maximum atomic E-state index is 6.18. The van der Waals surface area contributed by atoms with Gasteiger partial charge in [-0.05, 0) is 18.6 Å². The summed E-state index contributed by atoms with van der Waals surface area (Å²) in [5, 5.41) is 5.63. The lowest BCUT2D eigenvalue weighted by Gasteiger charge is -2.01. The first-order valence-corrected chi connectivity index (χ1v) is 7.16. The summed E-state index contributed by atoms with van der Waals surface area (Å²) in [5.74, 6) is 1.31. The highest BCUT2D eigenvalue weighted by Gasteiger charge is 2.23. The molecule has 1 saturated heterocycles. The highest BCUT2D eigenvalue weighted by molar-refractivity contribution is 6.35. The molecule has 3 heterocycles. The Labute approximate surface area is 125 Å². The number of para-hydroxylation sites is 1. The molecular weight excluding hydrogens is 290 g/mol. The number of hydrogen-bond donors (Lipinski definition) is 0. The van der Waals surface area contributed by atoms with Crippen molar-refractivity contribution in [2.24, 2.45) is 0 Å². The van der Waals surface area contributed by atoms with E-state index in [2.05, 4.69) is 15.1 Å². The second-order valence-electron chi connectivity index (χ2n) is 5.03. The van der Waals surface area contributed by atoms with Crippen molar-refractivity contribution in [3.8, 4) is 11.6 Å². The lowest BCUT2D eigenvalue weighted by Crippen LogP contribution is -1.99. The zero-order valence-corrected chi connectivity index (χ0v) is 11.9. The Kier molecular flexibility index (Phi) is 3.09. The van der Waals surface area contributed by atoms with E-state index in [4.69, 9.17) is 20.9 Å². The van der Waals surface area contributed by atoms with E-state index in [1.165, 1.54) is 0 Å². The molecule has 1 atom stereocenters. The van der Waals surface area contributed by atoms with E-state index in [1.54, 1.807) is 0 Å². The molecular formula is C15H12ClN3O2. The van der Waals surface area contributed by atoms with Crippen LogP contribution in [0.25, 0.3) is 22.5 Å². The third-order valence-corrected chi connectivity index (χ3v) is 3.93. The van der Waals surface area contributed by atoms with Crippen LogP contribution in [0.2, 0.25) is 5.02 Å². The molecule has 0 unspecified atom stereocenters. The quantitative estimate of drug-likeness (QED) is 0.725. The van der Waals surface area contributed by atoms with Crippen LogP contribution in [0.3, 0.4) is 0 Å². The summed E-state index contributed by atoms with van der Waals surface area (Å²) in [5.41, 5.74) is 1.37. The van der Waals surface area contributed by atoms with Gasteiger partial charge in [-0.25, -0.2) is 4.98 Å². The van der Waals surface area contributed by atoms with Gasteiger partial charge < -0.3 is 9.26 Å². The number of aromatic nitrogens is 3. The van der Waals surface area contributed by atoms with Crippen molar-refractivity contribution < 1.29 is 9.26 Å². The molecule has 1 aliphatic rings. The molecule has 106 valence electrons. The van der Waals surface area contributed by atoms with Gasteiger partial charge in [0.25, 0.3) is 5.89 Å². The highest BCUT2D eigenvalue weighted by Crippen LogP contribution is 2.27. The molecule has 0 aliphatic carbocycles. The monoisotopic (exact) mass is 301 g/mol. The van der Waals surface area contributed by atoms with E-state index in [1.807, 2.05) is 30.3 Å². The fourth-order valence-corrected chi connectivity index (χ4v) is 2.70. The molecule has 3 aromatic rings. The lowest BCUT2D eigenvalue weighted by molar-refractivity contribution is 0.192. The number of nitrogens with zero attached hydrogens (tertiary/aromatic N) is 3. The minimum Gasteiger partial charge on any atom is -0.381 e. The number of benzene rings is 1. The summed E-state index contributed by atoms with van der Waals surface area (Å²) in [4.78, 5) is 8.96. The zero-order chi connectivity index (χ0) is 14.2. The number of rotatable bonds is 2. The first kappa shape index (κ1) is 12.7. The molecule has 21 heavy (non-hydrogen) atoms. The van der Waals surface area contributed by atoms with Crippen molar-refractivity contribution >= 4 is 22.5 Å². The van der Waals surface area contributed by atoms with Crippen LogP contribution >= 0.6 is 11.6 Å². The Morgan fingerprint density at radius 2 is 2.10 bits per heavy atom. The molecule has 6 heteroatoms. The van der Waals surface area contributed by atoms with Crippen LogP contribution in [-0.2, 0) is 4.74 Å². The maximum absolute atomic E-state index is 6.18. The fraction of sp³-hybridized carbons (Fsp3) is 0.267. The summed E-state index contributed by atoms with van der Waals surface area (Å²) in [6.07, 6.45) is 0.927. The van der Waals surface area contributed by atoms with Crippen molar-refractivity contribution in [1.82, 2.24) is 15.1 Å². The molecule has 0 spiro atoms. The van der Waals surface area contributed by atoms with Gasteiger partial charge in [0.2, 0.25) is 0 Å². The molecule has 2 aromatic heterocycles. The molecule has 0 bridgehead atoms. The standard InChI is InChI=1S/C15H12ClN3O2/c16-11-3-1-2-9-4-5-12(17-13(9)11)15-18-14(19-21-15)10-6-7-20-8-10/h1-5,10H,6-8H2/t10-/m1/s1. The molecule has 0 radical (unpaired) electrons. The summed E-state index contributed by atoms with van der Waals surface area (Å²) in [6, 6.07) is 9.49. The molecule has 1 aliphatic heterocycles. The Balaban J connectivity index is 1.74. The van der Waals surface area contributed by atoms with Gasteiger partial charge in [-0.3, -0.25) is 0 Å². The predicted octanol–water partition coefficient (Wildman–Crippen LogP) is 3.44. The molecule has 4 rings (SSSR count). The van der Waals surface area contributed by atoms with Gasteiger partial charge >= 0.3 is 0 Å². The van der Waals surface area contributed by atoms with Gasteiger partial charge in [0.1, 0.15) is 5.69 Å². The Bertz CT molecular complexity index is 796. The van der Waals surface area contributed by atoms with Crippen LogP contribution in [0.1, 0.15) is 18.2 Å². The Morgan fingerprint density at radius 1 is 1.14 bits per heavy atom. The average Bonchev–Trinajstić information content (AvgIpc) is 3.18. The largest absolute Gasteiger partial charge is 0.381 e. The summed E-state index contributed by atoms with van der Waals surface area (Å²) >= 11 is 6.18. The van der Waals surface area contributed by atoms with Crippen molar-refractivity contribution in [2.45, 2.75) is 12.3 Å². The van der Waals surface area contributed by atoms with Crippen LogP contribution in [0.5, 0.6) is 0 Å². The van der Waals surface area contributed by atoms with Gasteiger partial charge in [0, 0.05) is 17.9 Å². The van der Waals surface area contributed by atoms with Crippen LogP contribution in [0, 0.1) is 0 Å². The second-order valence-corrected chi connectivity index (χ2v) is 5.43. The van der Waals surface area contributed by atoms with Crippen molar-refractivity contribution in [3.05, 3.63) is 41.2 Å². The minimum atomic E-state index is 0.214. The van der Waals surface area contributed by atoms with E-state index < -0.39 is 0 Å². The van der Waals surface area contributed by atoms with Gasteiger partial charge in [0.05, 0.1) is 17.1 Å². The molecule has 1 aromatic carbocycles. The Hall–Kier alpha value is -1.98. The Morgan fingerprint density at radius 3 is 2.95 bits per heavy atom. The summed E-state index contributed by atoms with van der Waals surface area (Å²) < 4.78 is 10.7. The van der Waals surface area contributed by atoms with Gasteiger partial charge in [-0.2, -0.15) is 4.98 Å². The number of fused-ring (bicyclic) bond motifs is 1. The zero-order valence-electron chi connectivity index (χ0n) is 11.1. The minimum absolute atomic E-state index is 0.214. The number of ether oxygens (including phenoxy) is 1. The normalized spacial score (nSPS) is 18.4. The maximum Gasteiger partial charge on any atom is 0.276 e. The highest BCUT2D eigenvalue weighted by atomic mass is 35.5. The van der Waals surface area contributed by atoms with Crippen LogP contribution in [0.4, 0.5) is 0 Å². The first-order chi connectivity index (χ1) is 10.3. The molecule has 1 fully saturated rings. The van der Waals surface area contributed by atoms with Gasteiger partial charge in [-0.15, -0.1) is 0 Å². The second kappa shape index (κ2) is 5.09. The molecule has 0 N–H and O–H groups in total. The molecule has 5 nitrogen and oxygen atoms in total. The number of hydrogen-bond acceptors (Lipinski definition) is 5. The summed E-state index contributed by atoms with van der Waals surface area (Å²) in [6.45, 7) is 1.40. The smallest absolute Gasteiger partial charge is 0.276 e. The van der Waals surface area contributed by atoms with Crippen LogP contribution in [-0.4, -0.2) is 28.3 Å². The number of halogens is 1. The van der Waals surface area contributed by atoms with Crippen molar-refractivity contribution in [1.29, 1.82) is 0 Å². The molecule has 0 amide bonds. The SMILES string of the molecule is Clc1cccc2ccc(-c3nc([C@@H]4CCOC4)no3)nc12. The average molecular weight is 302 g/mol. The van der Waals surface area contributed by atoms with E-state index >= 15 is 0 Å². The molecule has 0 saturated carbocycles. The predicted molar refractivity (Wildman–Crippen MR) is 78.2 cm³/mol. The number of pyridine rings is 1. The van der Waals surface area contributed by atoms with Crippen LogP contribution in [0.15, 0.2) is 34.9 Å². The van der Waals surface area contributed by atoms with Crippen molar-refractivity contribution in [3.63, 3.8) is 0 Å². The first-order valence-electron chi connectivity index (χ1n) is 6.78. The van der Waals surface area contributed by atoms with Crippen molar-refractivity contribution in [2.75, 3.05) is 13.2 Å². The van der Waals surface area contributed by atoms with Gasteiger partial charge in [0.15, 0.2) is 5.82 Å². The van der Waals surface area contributed by atoms with Gasteiger partial charge in [-0.1, -0.05) is 35.0 Å². The van der Waals surface area contributed by atoms with E-state index in [0.29, 0.717) is 29.0 Å². The van der Waals surface area contributed by atoms with Crippen LogP contribution < -0.4 is 0 Å². The third-order valence-electron chi connectivity index (χ3n) is 3.63. The fourth-order valence-electron chi connectivity index (χ4n) is 2.47. The van der Waals surface area contributed by atoms with E-state index in [-0.39, 0.29) is 5.92 Å².